The minimum Gasteiger partial charge on any atom is -0.481 e. The molecule has 13 heteroatoms. The number of thiophene rings is 1. The summed E-state index contributed by atoms with van der Waals surface area (Å²) >= 11 is 1.51. The first-order valence-corrected chi connectivity index (χ1v) is 12.4. The standard InChI is InChI=1S/C25H24N8O4S/c1-4-18(32(2)25-27-13-16(14-28-25)24(34)31-35)19-11-17-21(38-19)23(33-7-9-37-10-8-33)30-22(29-17)15-5-6-20(36-3)26-12-15/h1,5-6,11-14,18,35H,7-10H2,2-3H3,(H,31,34)/t18-/m0/s1. The molecule has 0 radical (unpaired) electrons. The number of anilines is 2. The number of carbonyl (C=O) groups is 1. The fourth-order valence-corrected chi connectivity index (χ4v) is 5.22. The first-order valence-electron chi connectivity index (χ1n) is 11.6. The van der Waals surface area contributed by atoms with Gasteiger partial charge in [-0.05, 0) is 12.1 Å². The number of hydrogen-bond donors (Lipinski definition) is 2. The number of fused-ring (bicyclic) bond motifs is 1. The van der Waals surface area contributed by atoms with Crippen molar-refractivity contribution in [2.24, 2.45) is 0 Å². The summed E-state index contributed by atoms with van der Waals surface area (Å²) in [5.74, 6) is 4.31. The van der Waals surface area contributed by atoms with Crippen molar-refractivity contribution in [2.75, 3.05) is 50.3 Å². The first-order chi connectivity index (χ1) is 18.5. The van der Waals surface area contributed by atoms with Crippen molar-refractivity contribution in [2.45, 2.75) is 6.04 Å². The SMILES string of the molecule is C#C[C@@H](c1cc2nc(-c3ccc(OC)nc3)nc(N3CCOCC3)c2s1)N(C)c1ncc(C(=O)NO)cn1. The molecule has 1 atom stereocenters. The molecule has 0 bridgehead atoms. The summed E-state index contributed by atoms with van der Waals surface area (Å²) in [6.07, 6.45) is 10.3. The molecule has 0 saturated carbocycles. The molecule has 1 aliphatic heterocycles. The third-order valence-corrected chi connectivity index (χ3v) is 7.19. The maximum Gasteiger partial charge on any atom is 0.277 e. The molecule has 1 saturated heterocycles. The van der Waals surface area contributed by atoms with Crippen LogP contribution in [-0.2, 0) is 4.74 Å². The number of aromatic nitrogens is 5. The van der Waals surface area contributed by atoms with E-state index in [2.05, 4.69) is 25.8 Å². The van der Waals surface area contributed by atoms with Gasteiger partial charge in [0.05, 0.1) is 36.1 Å². The van der Waals surface area contributed by atoms with Gasteiger partial charge in [0.1, 0.15) is 6.04 Å². The van der Waals surface area contributed by atoms with Crippen LogP contribution in [-0.4, -0.2) is 76.5 Å². The van der Waals surface area contributed by atoms with Gasteiger partial charge in [-0.25, -0.2) is 30.4 Å². The molecule has 0 spiro atoms. The average Bonchev–Trinajstić information content (AvgIpc) is 3.41. The Morgan fingerprint density at radius 2 is 2.00 bits per heavy atom. The van der Waals surface area contributed by atoms with Gasteiger partial charge >= 0.3 is 0 Å². The summed E-state index contributed by atoms with van der Waals surface area (Å²) in [5, 5.41) is 8.82. The fraction of sp³-hybridized carbons (Fsp3) is 0.280. The van der Waals surface area contributed by atoms with Crippen molar-refractivity contribution in [3.8, 4) is 29.6 Å². The second kappa shape index (κ2) is 10.9. The zero-order chi connectivity index (χ0) is 26.6. The number of morpholine rings is 1. The maximum atomic E-state index is 11.6. The summed E-state index contributed by atoms with van der Waals surface area (Å²) in [5.41, 5.74) is 3.21. The lowest BCUT2D eigenvalue weighted by Crippen LogP contribution is -2.36. The molecule has 4 aromatic rings. The number of nitrogens with one attached hydrogen (secondary N) is 1. The average molecular weight is 533 g/mol. The van der Waals surface area contributed by atoms with Crippen LogP contribution in [0.15, 0.2) is 36.8 Å². The predicted octanol–water partition coefficient (Wildman–Crippen LogP) is 2.32. The summed E-state index contributed by atoms with van der Waals surface area (Å²) in [7, 11) is 3.34. The van der Waals surface area contributed by atoms with Gasteiger partial charge in [0.25, 0.3) is 5.91 Å². The van der Waals surface area contributed by atoms with Crippen LogP contribution in [0, 0.1) is 12.3 Å². The number of ether oxygens (including phenoxy) is 2. The predicted molar refractivity (Wildman–Crippen MR) is 141 cm³/mol. The third kappa shape index (κ3) is 4.92. The summed E-state index contributed by atoms with van der Waals surface area (Å²) in [6, 6.07) is 5.10. The molecule has 194 valence electrons. The van der Waals surface area contributed by atoms with E-state index in [1.807, 2.05) is 12.1 Å². The van der Waals surface area contributed by atoms with E-state index in [4.69, 9.17) is 31.1 Å². The van der Waals surface area contributed by atoms with E-state index in [0.717, 1.165) is 26.5 Å². The van der Waals surface area contributed by atoms with Crippen LogP contribution in [0.25, 0.3) is 21.6 Å². The minimum atomic E-state index is -0.700. The van der Waals surface area contributed by atoms with Crippen molar-refractivity contribution < 1.29 is 19.5 Å². The highest BCUT2D eigenvalue weighted by Crippen LogP contribution is 2.38. The zero-order valence-electron chi connectivity index (χ0n) is 20.7. The van der Waals surface area contributed by atoms with Crippen LogP contribution < -0.4 is 20.0 Å². The molecule has 2 N–H and O–H groups in total. The summed E-state index contributed by atoms with van der Waals surface area (Å²) in [6.45, 7) is 2.64. The monoisotopic (exact) mass is 532 g/mol. The van der Waals surface area contributed by atoms with E-state index >= 15 is 0 Å². The highest BCUT2D eigenvalue weighted by Gasteiger charge is 2.25. The van der Waals surface area contributed by atoms with E-state index in [0.29, 0.717) is 44.0 Å². The van der Waals surface area contributed by atoms with Gasteiger partial charge in [-0.15, -0.1) is 17.8 Å². The number of hydroxylamine groups is 1. The number of amides is 1. The summed E-state index contributed by atoms with van der Waals surface area (Å²) < 4.78 is 11.6. The smallest absolute Gasteiger partial charge is 0.277 e. The Labute approximate surface area is 222 Å². The van der Waals surface area contributed by atoms with E-state index in [9.17, 15) is 4.79 Å². The van der Waals surface area contributed by atoms with Crippen molar-refractivity contribution in [1.82, 2.24) is 30.4 Å². The van der Waals surface area contributed by atoms with Crippen LogP contribution >= 0.6 is 11.3 Å². The Hall–Kier alpha value is -4.38. The molecule has 1 amide bonds. The Bertz CT molecular complexity index is 1480. The van der Waals surface area contributed by atoms with Gasteiger partial charge in [-0.3, -0.25) is 10.0 Å². The molecule has 1 fully saturated rings. The summed E-state index contributed by atoms with van der Waals surface area (Å²) in [4.78, 5) is 38.9. The molecule has 0 aliphatic carbocycles. The largest absolute Gasteiger partial charge is 0.481 e. The van der Waals surface area contributed by atoms with Gasteiger partial charge in [0, 0.05) is 55.2 Å². The number of terminal acetylenes is 1. The highest BCUT2D eigenvalue weighted by atomic mass is 32.1. The first kappa shape index (κ1) is 25.3. The second-order valence-corrected chi connectivity index (χ2v) is 9.40. The van der Waals surface area contributed by atoms with E-state index < -0.39 is 11.9 Å². The quantitative estimate of drug-likeness (QED) is 0.206. The number of hydrogen-bond acceptors (Lipinski definition) is 12. The number of methoxy groups -OCH3 is 1. The van der Waals surface area contributed by atoms with Crippen LogP contribution in [0.5, 0.6) is 5.88 Å². The van der Waals surface area contributed by atoms with E-state index in [1.165, 1.54) is 23.7 Å². The number of pyridine rings is 1. The number of rotatable bonds is 7. The third-order valence-electron chi connectivity index (χ3n) is 6.02. The lowest BCUT2D eigenvalue weighted by molar-refractivity contribution is 0.0705. The van der Waals surface area contributed by atoms with Crippen molar-refractivity contribution in [3.05, 3.63) is 47.2 Å². The van der Waals surface area contributed by atoms with Crippen LogP contribution in [0.4, 0.5) is 11.8 Å². The van der Waals surface area contributed by atoms with Crippen molar-refractivity contribution in [3.63, 3.8) is 0 Å². The fourth-order valence-electron chi connectivity index (χ4n) is 4.01. The van der Waals surface area contributed by atoms with Gasteiger partial charge < -0.3 is 19.3 Å². The molecule has 4 aromatic heterocycles. The Kier molecular flexibility index (Phi) is 7.27. The van der Waals surface area contributed by atoms with Crippen LogP contribution in [0.3, 0.4) is 0 Å². The van der Waals surface area contributed by atoms with Crippen LogP contribution in [0.2, 0.25) is 0 Å². The zero-order valence-corrected chi connectivity index (χ0v) is 21.5. The van der Waals surface area contributed by atoms with Gasteiger partial charge in [0.2, 0.25) is 11.8 Å². The topological polar surface area (TPSA) is 139 Å². The number of nitrogens with zero attached hydrogens (tertiary/aromatic N) is 7. The molecular weight excluding hydrogens is 508 g/mol. The van der Waals surface area contributed by atoms with Gasteiger partial charge in [-0.2, -0.15) is 0 Å². The normalized spacial score (nSPS) is 14.1. The Morgan fingerprint density at radius 1 is 1.24 bits per heavy atom. The molecule has 12 nitrogen and oxygen atoms in total. The Balaban J connectivity index is 1.55. The molecule has 38 heavy (non-hydrogen) atoms. The van der Waals surface area contributed by atoms with Gasteiger partial charge in [-0.1, -0.05) is 5.92 Å². The van der Waals surface area contributed by atoms with Crippen molar-refractivity contribution in [1.29, 1.82) is 0 Å². The lowest BCUT2D eigenvalue weighted by atomic mass is 10.2. The molecule has 0 unspecified atom stereocenters. The van der Waals surface area contributed by atoms with Crippen molar-refractivity contribution >= 4 is 39.2 Å². The van der Waals surface area contributed by atoms with Gasteiger partial charge in [0.15, 0.2) is 11.6 Å². The minimum absolute atomic E-state index is 0.120. The van der Waals surface area contributed by atoms with Crippen LogP contribution in [0.1, 0.15) is 21.3 Å². The molecular formula is C25H24N8O4S. The van der Waals surface area contributed by atoms with E-state index in [-0.39, 0.29) is 5.56 Å². The number of carbonyl (C=O) groups excluding carboxylic acids is 1. The second-order valence-electron chi connectivity index (χ2n) is 8.32. The van der Waals surface area contributed by atoms with E-state index in [1.54, 1.807) is 36.8 Å². The lowest BCUT2D eigenvalue weighted by Gasteiger charge is -2.28. The molecule has 0 aromatic carbocycles. The molecule has 1 aliphatic rings. The molecule has 5 heterocycles. The molecule has 5 rings (SSSR count). The highest BCUT2D eigenvalue weighted by molar-refractivity contribution is 7.19. The Morgan fingerprint density at radius 3 is 2.63 bits per heavy atom. The maximum absolute atomic E-state index is 11.6.